The molecule has 3 atom stereocenters. The van der Waals surface area contributed by atoms with Gasteiger partial charge in [-0.1, -0.05) is 6.07 Å². The first-order valence-electron chi connectivity index (χ1n) is 14.7. The number of aliphatic hydroxyl groups is 1. The van der Waals surface area contributed by atoms with Gasteiger partial charge < -0.3 is 19.7 Å². The zero-order valence-electron chi connectivity index (χ0n) is 23.6. The SMILES string of the molecule is CC1Oc2c(cnn2C)-c2ccc3c(c2)c(nn3C2CCCCO2)/C=C/c2c(O)nn(CCO)c2CN2CCC[C@H]12. The molecule has 0 amide bonds. The lowest BCUT2D eigenvalue weighted by Crippen LogP contribution is -2.41. The fourth-order valence-corrected chi connectivity index (χ4v) is 6.66. The summed E-state index contributed by atoms with van der Waals surface area (Å²) in [6, 6.07) is 6.53. The molecule has 0 saturated carbocycles. The predicted molar refractivity (Wildman–Crippen MR) is 154 cm³/mol. The van der Waals surface area contributed by atoms with Crippen molar-refractivity contribution in [2.75, 3.05) is 19.8 Å². The Morgan fingerprint density at radius 1 is 1.10 bits per heavy atom. The number of benzene rings is 1. The fraction of sp³-hybridized carbons (Fsp3) is 0.500. The minimum absolute atomic E-state index is 0.0485. The van der Waals surface area contributed by atoms with Crippen molar-refractivity contribution in [1.29, 1.82) is 0 Å². The molecule has 7 rings (SSSR count). The third kappa shape index (κ3) is 4.61. The van der Waals surface area contributed by atoms with Crippen molar-refractivity contribution < 1.29 is 19.7 Å². The van der Waals surface area contributed by atoms with E-state index in [0.717, 1.165) is 84.6 Å². The van der Waals surface area contributed by atoms with Crippen LogP contribution >= 0.6 is 0 Å². The van der Waals surface area contributed by atoms with Crippen LogP contribution in [0.5, 0.6) is 11.8 Å². The minimum Gasteiger partial charge on any atom is -0.492 e. The highest BCUT2D eigenvalue weighted by Gasteiger charge is 2.33. The van der Waals surface area contributed by atoms with Gasteiger partial charge in [0.1, 0.15) is 6.10 Å². The smallest absolute Gasteiger partial charge is 0.238 e. The van der Waals surface area contributed by atoms with Crippen LogP contribution in [0.2, 0.25) is 0 Å². The summed E-state index contributed by atoms with van der Waals surface area (Å²) >= 11 is 0. The van der Waals surface area contributed by atoms with E-state index in [1.807, 2.05) is 30.1 Å². The van der Waals surface area contributed by atoms with Gasteiger partial charge in [0.05, 0.1) is 47.4 Å². The molecule has 0 radical (unpaired) electrons. The van der Waals surface area contributed by atoms with E-state index < -0.39 is 0 Å². The summed E-state index contributed by atoms with van der Waals surface area (Å²) in [6.45, 7) is 4.58. The zero-order valence-corrected chi connectivity index (χ0v) is 23.6. The summed E-state index contributed by atoms with van der Waals surface area (Å²) in [7, 11) is 1.92. The molecule has 41 heavy (non-hydrogen) atoms. The molecule has 0 aliphatic carbocycles. The molecule has 2 N–H and O–H groups in total. The molecule has 0 spiro atoms. The topological polar surface area (TPSA) is 116 Å². The van der Waals surface area contributed by atoms with Gasteiger partial charge in [-0.25, -0.2) is 9.36 Å². The van der Waals surface area contributed by atoms with E-state index in [-0.39, 0.29) is 30.9 Å². The molecule has 216 valence electrons. The Balaban J connectivity index is 1.43. The lowest BCUT2D eigenvalue weighted by Gasteiger charge is -2.30. The van der Waals surface area contributed by atoms with E-state index in [1.54, 1.807) is 9.36 Å². The van der Waals surface area contributed by atoms with Gasteiger partial charge in [0, 0.05) is 31.6 Å². The molecule has 6 heterocycles. The third-order valence-electron chi connectivity index (χ3n) is 8.76. The lowest BCUT2D eigenvalue weighted by molar-refractivity contribution is -0.0367. The number of aromatic nitrogens is 6. The van der Waals surface area contributed by atoms with Crippen molar-refractivity contribution in [2.45, 2.75) is 70.5 Å². The summed E-state index contributed by atoms with van der Waals surface area (Å²) in [5, 5.41) is 35.7. The number of aryl methyl sites for hydroxylation is 1. The van der Waals surface area contributed by atoms with Gasteiger partial charge in [-0.15, -0.1) is 5.10 Å². The number of hydrogen-bond acceptors (Lipinski definition) is 8. The summed E-state index contributed by atoms with van der Waals surface area (Å²) in [4.78, 5) is 2.40. The van der Waals surface area contributed by atoms with Gasteiger partial charge in [-0.3, -0.25) is 9.58 Å². The van der Waals surface area contributed by atoms with Crippen LogP contribution in [-0.4, -0.2) is 76.4 Å². The first kappa shape index (κ1) is 26.2. The molecular formula is C30H37N7O4. The number of hydrogen-bond donors (Lipinski definition) is 2. The average Bonchev–Trinajstić information content (AvgIpc) is 3.74. The van der Waals surface area contributed by atoms with Crippen LogP contribution in [0.15, 0.2) is 24.4 Å². The number of aliphatic hydroxyl groups excluding tert-OH is 1. The van der Waals surface area contributed by atoms with E-state index >= 15 is 0 Å². The molecule has 3 aliphatic rings. The highest BCUT2D eigenvalue weighted by Crippen LogP contribution is 2.37. The van der Waals surface area contributed by atoms with Crippen molar-refractivity contribution >= 4 is 23.1 Å². The van der Waals surface area contributed by atoms with E-state index in [2.05, 4.69) is 40.2 Å². The van der Waals surface area contributed by atoms with Gasteiger partial charge >= 0.3 is 0 Å². The average molecular weight is 560 g/mol. The van der Waals surface area contributed by atoms with Gasteiger partial charge in [-0.2, -0.15) is 10.2 Å². The van der Waals surface area contributed by atoms with Crippen molar-refractivity contribution in [3.63, 3.8) is 0 Å². The van der Waals surface area contributed by atoms with Gasteiger partial charge in [0.15, 0.2) is 6.23 Å². The second-order valence-corrected chi connectivity index (χ2v) is 11.3. The second kappa shape index (κ2) is 10.6. The van der Waals surface area contributed by atoms with Crippen molar-refractivity contribution in [3.05, 3.63) is 41.3 Å². The van der Waals surface area contributed by atoms with Gasteiger partial charge in [0.25, 0.3) is 0 Å². The second-order valence-electron chi connectivity index (χ2n) is 11.3. The Hall–Kier alpha value is -3.67. The summed E-state index contributed by atoms with van der Waals surface area (Å²) in [5.74, 6) is 0.690. The van der Waals surface area contributed by atoms with Gasteiger partial charge in [-0.05, 0) is 75.4 Å². The quantitative estimate of drug-likeness (QED) is 0.388. The number of ether oxygens (including phenoxy) is 2. The van der Waals surface area contributed by atoms with Crippen molar-refractivity contribution in [2.24, 2.45) is 7.05 Å². The lowest BCUT2D eigenvalue weighted by atomic mass is 10.0. The molecule has 3 aliphatic heterocycles. The number of rotatable bonds is 3. The number of fused-ring (bicyclic) bond motifs is 5. The number of nitrogens with zero attached hydrogens (tertiary/aromatic N) is 7. The standard InChI is InChI=1S/C30H37N7O4/c1-19-25-6-5-12-35(25)18-27-21(29(39)33-36(27)13-14-38)9-10-24-22-16-20(23-17-31-34(2)30(23)41-19)8-11-26(22)37(32-24)28-7-3-4-15-40-28/h8-11,16-17,19,25,28,38H,3-7,12-15,18H2,1-2H3,(H,33,39)/b10-9+/t19?,25-,28?/m1/s1. The van der Waals surface area contributed by atoms with E-state index in [1.165, 1.54) is 0 Å². The highest BCUT2D eigenvalue weighted by molar-refractivity contribution is 5.93. The van der Waals surface area contributed by atoms with E-state index in [0.29, 0.717) is 18.7 Å². The van der Waals surface area contributed by atoms with Crippen LogP contribution in [0.25, 0.3) is 34.2 Å². The minimum atomic E-state index is -0.119. The van der Waals surface area contributed by atoms with Crippen LogP contribution in [-0.2, 0) is 24.9 Å². The Morgan fingerprint density at radius 2 is 2.00 bits per heavy atom. The predicted octanol–water partition coefficient (Wildman–Crippen LogP) is 3.95. The zero-order chi connectivity index (χ0) is 28.1. The fourth-order valence-electron chi connectivity index (χ4n) is 6.66. The van der Waals surface area contributed by atoms with Crippen LogP contribution in [0.3, 0.4) is 0 Å². The number of aromatic hydroxyl groups is 1. The first-order valence-corrected chi connectivity index (χ1v) is 14.7. The molecular weight excluding hydrogens is 522 g/mol. The Bertz CT molecular complexity index is 1600. The maximum Gasteiger partial charge on any atom is 0.238 e. The normalized spacial score (nSPS) is 23.9. The first-order chi connectivity index (χ1) is 20.0. The molecule has 3 aromatic heterocycles. The molecule has 2 bridgehead atoms. The van der Waals surface area contributed by atoms with Crippen LogP contribution in [0, 0.1) is 0 Å². The van der Waals surface area contributed by atoms with Crippen LogP contribution in [0.1, 0.15) is 62.2 Å². The molecule has 2 unspecified atom stereocenters. The van der Waals surface area contributed by atoms with Crippen molar-refractivity contribution in [1.82, 2.24) is 34.2 Å². The van der Waals surface area contributed by atoms with Crippen LogP contribution < -0.4 is 4.74 Å². The molecule has 2 fully saturated rings. The van der Waals surface area contributed by atoms with E-state index in [4.69, 9.17) is 14.6 Å². The Kier molecular flexibility index (Phi) is 6.80. The molecule has 1 aromatic carbocycles. The molecule has 11 nitrogen and oxygen atoms in total. The monoisotopic (exact) mass is 559 g/mol. The molecule has 11 heteroatoms. The summed E-state index contributed by atoms with van der Waals surface area (Å²) in [6.07, 6.45) is 10.7. The highest BCUT2D eigenvalue weighted by atomic mass is 16.5. The van der Waals surface area contributed by atoms with Gasteiger partial charge in [0.2, 0.25) is 11.8 Å². The van der Waals surface area contributed by atoms with Crippen LogP contribution in [0.4, 0.5) is 0 Å². The third-order valence-corrected chi connectivity index (χ3v) is 8.76. The largest absolute Gasteiger partial charge is 0.492 e. The molecule has 2 saturated heterocycles. The Morgan fingerprint density at radius 3 is 2.83 bits per heavy atom. The van der Waals surface area contributed by atoms with E-state index in [9.17, 15) is 10.2 Å². The maximum absolute atomic E-state index is 10.9. The molecule has 4 aromatic rings. The summed E-state index contributed by atoms with van der Waals surface area (Å²) < 4.78 is 18.3. The van der Waals surface area contributed by atoms with Crippen molar-refractivity contribution in [3.8, 4) is 22.9 Å². The summed E-state index contributed by atoms with van der Waals surface area (Å²) in [5.41, 5.74) is 5.23. The maximum atomic E-state index is 10.9. The Labute approximate surface area is 238 Å².